The number of rotatable bonds is 8. The van der Waals surface area contributed by atoms with E-state index in [1.807, 2.05) is 0 Å². The van der Waals surface area contributed by atoms with Crippen LogP contribution in [0.1, 0.15) is 46.5 Å². The van der Waals surface area contributed by atoms with E-state index in [4.69, 9.17) is 0 Å². The van der Waals surface area contributed by atoms with Crippen molar-refractivity contribution in [3.05, 3.63) is 0 Å². The smallest absolute Gasteiger partial charge is 0.324 e. The zero-order chi connectivity index (χ0) is 13.6. The van der Waals surface area contributed by atoms with Gasteiger partial charge in [0.1, 0.15) is 5.54 Å². The molecular weight excluding hydrogens is 228 g/mol. The third kappa shape index (κ3) is 3.23. The summed E-state index contributed by atoms with van der Waals surface area (Å²) in [5.41, 5.74) is -0.665. The van der Waals surface area contributed by atoms with Crippen molar-refractivity contribution in [1.29, 1.82) is 0 Å². The second-order valence-electron chi connectivity index (χ2n) is 5.23. The number of hydrogen-bond donors (Lipinski definition) is 2. The Kier molecular flexibility index (Phi) is 6.09. The van der Waals surface area contributed by atoms with Crippen LogP contribution >= 0.6 is 0 Å². The van der Waals surface area contributed by atoms with E-state index in [9.17, 15) is 9.90 Å². The van der Waals surface area contributed by atoms with Crippen LogP contribution in [0.15, 0.2) is 0 Å². The van der Waals surface area contributed by atoms with Crippen LogP contribution < -0.4 is 5.32 Å². The lowest BCUT2D eigenvalue weighted by atomic mass is 9.85. The van der Waals surface area contributed by atoms with Gasteiger partial charge in [-0.05, 0) is 31.8 Å². The highest BCUT2D eigenvalue weighted by Gasteiger charge is 2.47. The lowest BCUT2D eigenvalue weighted by molar-refractivity contribution is -0.146. The van der Waals surface area contributed by atoms with Gasteiger partial charge in [0.05, 0.1) is 0 Å². The Bertz CT molecular complexity index is 267. The molecule has 1 rings (SSSR count). The molecule has 4 heteroatoms. The van der Waals surface area contributed by atoms with Crippen LogP contribution in [0.4, 0.5) is 0 Å². The van der Waals surface area contributed by atoms with Gasteiger partial charge in [-0.15, -0.1) is 0 Å². The van der Waals surface area contributed by atoms with Crippen molar-refractivity contribution in [3.8, 4) is 0 Å². The molecule has 1 aliphatic carbocycles. The molecule has 1 aliphatic rings. The minimum atomic E-state index is -0.665. The highest BCUT2D eigenvalue weighted by Crippen LogP contribution is 2.38. The third-order valence-corrected chi connectivity index (χ3v) is 4.46. The third-order valence-electron chi connectivity index (χ3n) is 4.46. The second-order valence-corrected chi connectivity index (χ2v) is 5.23. The highest BCUT2D eigenvalue weighted by atomic mass is 16.4. The topological polar surface area (TPSA) is 52.6 Å². The van der Waals surface area contributed by atoms with E-state index < -0.39 is 11.5 Å². The van der Waals surface area contributed by atoms with Crippen LogP contribution in [-0.2, 0) is 4.79 Å². The molecule has 0 saturated heterocycles. The van der Waals surface area contributed by atoms with Crippen LogP contribution in [0.5, 0.6) is 0 Å². The summed E-state index contributed by atoms with van der Waals surface area (Å²) in [7, 11) is 0. The Hall–Kier alpha value is -0.610. The normalized spacial score (nSPS) is 27.9. The molecule has 0 aliphatic heterocycles. The molecule has 2 atom stereocenters. The van der Waals surface area contributed by atoms with Gasteiger partial charge in [-0.2, -0.15) is 0 Å². The Balaban J connectivity index is 2.56. The minimum absolute atomic E-state index is 0.284. The predicted octanol–water partition coefficient (Wildman–Crippen LogP) is 1.95. The van der Waals surface area contributed by atoms with Crippen molar-refractivity contribution in [1.82, 2.24) is 10.2 Å². The number of likely N-dealkylation sites (N-methyl/N-ethyl adjacent to an activating group) is 1. The lowest BCUT2D eigenvalue weighted by Crippen LogP contribution is -2.56. The average molecular weight is 256 g/mol. The first kappa shape index (κ1) is 15.4. The maximum absolute atomic E-state index is 11.6. The van der Waals surface area contributed by atoms with Gasteiger partial charge in [-0.1, -0.05) is 33.6 Å². The van der Waals surface area contributed by atoms with Crippen molar-refractivity contribution in [2.75, 3.05) is 26.2 Å². The molecule has 0 bridgehead atoms. The summed E-state index contributed by atoms with van der Waals surface area (Å²) in [5.74, 6) is -0.377. The summed E-state index contributed by atoms with van der Waals surface area (Å²) in [6.07, 6.45) is 3.80. The molecule has 0 aromatic rings. The molecule has 0 aromatic carbocycles. The van der Waals surface area contributed by atoms with Gasteiger partial charge in [0, 0.05) is 13.1 Å². The molecule has 0 heterocycles. The number of carbonyl (C=O) groups is 1. The van der Waals surface area contributed by atoms with E-state index in [1.54, 1.807) is 0 Å². The molecule has 18 heavy (non-hydrogen) atoms. The number of hydrogen-bond acceptors (Lipinski definition) is 3. The quantitative estimate of drug-likeness (QED) is 0.697. The van der Waals surface area contributed by atoms with Crippen molar-refractivity contribution in [3.63, 3.8) is 0 Å². The summed E-state index contributed by atoms with van der Waals surface area (Å²) in [4.78, 5) is 13.9. The van der Waals surface area contributed by atoms with E-state index in [0.717, 1.165) is 51.9 Å². The monoisotopic (exact) mass is 256 g/mol. The number of carboxylic acids is 1. The standard InChI is InChI=1S/C14H28N2O2/c1-4-12-8-7-9-14(12,13(17)18)15-10-11-16(5-2)6-3/h12,15H,4-11H2,1-3H3,(H,17,18). The van der Waals surface area contributed by atoms with E-state index in [1.165, 1.54) is 0 Å². The maximum Gasteiger partial charge on any atom is 0.324 e. The minimum Gasteiger partial charge on any atom is -0.480 e. The summed E-state index contributed by atoms with van der Waals surface area (Å²) < 4.78 is 0. The molecular formula is C14H28N2O2. The van der Waals surface area contributed by atoms with E-state index in [2.05, 4.69) is 31.0 Å². The number of nitrogens with zero attached hydrogens (tertiary/aromatic N) is 1. The Morgan fingerprint density at radius 1 is 1.39 bits per heavy atom. The van der Waals surface area contributed by atoms with Crippen molar-refractivity contribution in [2.24, 2.45) is 5.92 Å². The van der Waals surface area contributed by atoms with Gasteiger partial charge in [0.2, 0.25) is 0 Å². The Labute approximate surface area is 111 Å². The molecule has 2 unspecified atom stereocenters. The van der Waals surface area contributed by atoms with E-state index >= 15 is 0 Å². The van der Waals surface area contributed by atoms with Gasteiger partial charge in [-0.3, -0.25) is 4.79 Å². The average Bonchev–Trinajstić information content (AvgIpc) is 2.79. The fraction of sp³-hybridized carbons (Fsp3) is 0.929. The number of nitrogens with one attached hydrogen (secondary N) is 1. The maximum atomic E-state index is 11.6. The molecule has 4 nitrogen and oxygen atoms in total. The predicted molar refractivity (Wildman–Crippen MR) is 73.8 cm³/mol. The van der Waals surface area contributed by atoms with Crippen LogP contribution in [0.25, 0.3) is 0 Å². The number of aliphatic carboxylic acids is 1. The zero-order valence-electron chi connectivity index (χ0n) is 12.0. The largest absolute Gasteiger partial charge is 0.480 e. The van der Waals surface area contributed by atoms with E-state index in [-0.39, 0.29) is 5.92 Å². The molecule has 1 saturated carbocycles. The number of carboxylic acid groups (broad SMARTS) is 1. The first-order valence-electron chi connectivity index (χ1n) is 7.31. The molecule has 0 spiro atoms. The first-order valence-corrected chi connectivity index (χ1v) is 7.31. The summed E-state index contributed by atoms with van der Waals surface area (Å²) in [5, 5.41) is 12.9. The van der Waals surface area contributed by atoms with Gasteiger partial charge in [0.25, 0.3) is 0 Å². The SMILES string of the molecule is CCC1CCCC1(NCCN(CC)CC)C(=O)O. The van der Waals surface area contributed by atoms with E-state index in [0.29, 0.717) is 0 Å². The highest BCUT2D eigenvalue weighted by molar-refractivity contribution is 5.79. The fourth-order valence-corrected chi connectivity index (χ4v) is 3.20. The van der Waals surface area contributed by atoms with Gasteiger partial charge < -0.3 is 15.3 Å². The van der Waals surface area contributed by atoms with Crippen LogP contribution in [0, 0.1) is 5.92 Å². The van der Waals surface area contributed by atoms with Crippen LogP contribution in [-0.4, -0.2) is 47.7 Å². The molecule has 0 aromatic heterocycles. The van der Waals surface area contributed by atoms with Crippen molar-refractivity contribution >= 4 is 5.97 Å². The van der Waals surface area contributed by atoms with Gasteiger partial charge >= 0.3 is 5.97 Å². The molecule has 2 N–H and O–H groups in total. The first-order chi connectivity index (χ1) is 8.60. The zero-order valence-corrected chi connectivity index (χ0v) is 12.0. The van der Waals surface area contributed by atoms with Gasteiger partial charge in [0.15, 0.2) is 0 Å². The molecule has 1 fully saturated rings. The molecule has 106 valence electrons. The fourth-order valence-electron chi connectivity index (χ4n) is 3.20. The molecule has 0 radical (unpaired) electrons. The van der Waals surface area contributed by atoms with Crippen LogP contribution in [0.2, 0.25) is 0 Å². The lowest BCUT2D eigenvalue weighted by Gasteiger charge is -2.33. The summed E-state index contributed by atoms with van der Waals surface area (Å²) >= 11 is 0. The summed E-state index contributed by atoms with van der Waals surface area (Å²) in [6.45, 7) is 10.1. The van der Waals surface area contributed by atoms with Crippen molar-refractivity contribution in [2.45, 2.75) is 52.0 Å². The van der Waals surface area contributed by atoms with Crippen LogP contribution in [0.3, 0.4) is 0 Å². The van der Waals surface area contributed by atoms with Gasteiger partial charge in [-0.25, -0.2) is 0 Å². The Morgan fingerprint density at radius 2 is 2.06 bits per heavy atom. The summed E-state index contributed by atoms with van der Waals surface area (Å²) in [6, 6.07) is 0. The second kappa shape index (κ2) is 7.10. The van der Waals surface area contributed by atoms with Crippen molar-refractivity contribution < 1.29 is 9.90 Å². The Morgan fingerprint density at radius 3 is 2.56 bits per heavy atom. The molecule has 0 amide bonds.